The van der Waals surface area contributed by atoms with Gasteiger partial charge in [0.25, 0.3) is 0 Å². The summed E-state index contributed by atoms with van der Waals surface area (Å²) >= 11 is 0. The fourth-order valence-corrected chi connectivity index (χ4v) is 5.30. The molecule has 0 radical (unpaired) electrons. The smallest absolute Gasteiger partial charge is 0.133 e. The molecule has 0 saturated heterocycles. The monoisotopic (exact) mass is 499 g/mol. The molecular weight excluding hydrogens is 458 g/mol. The van der Waals surface area contributed by atoms with E-state index in [0.29, 0.717) is 5.39 Å². The molecule has 0 heterocycles. The quantitative estimate of drug-likeness (QED) is 0.218. The van der Waals surface area contributed by atoms with Crippen molar-refractivity contribution in [2.24, 2.45) is 0 Å². The first-order chi connectivity index (χ1) is 16.8. The van der Waals surface area contributed by atoms with Crippen molar-refractivity contribution < 1.29 is 22.6 Å². The summed E-state index contributed by atoms with van der Waals surface area (Å²) in [6.07, 6.45) is 8.02. The Morgan fingerprint density at radius 1 is 0.743 bits per heavy atom. The van der Waals surface area contributed by atoms with Crippen LogP contribution in [0.2, 0.25) is 0 Å². The number of rotatable bonds is 12. The molecule has 6 heteroatoms. The Morgan fingerprint density at radius 3 is 1.77 bits per heavy atom. The number of benzene rings is 3. The minimum absolute atomic E-state index is 0.243. The molecule has 0 saturated carbocycles. The Balaban J connectivity index is 0.000000256. The van der Waals surface area contributed by atoms with Crippen LogP contribution in [0, 0.1) is 0 Å². The van der Waals surface area contributed by atoms with Crippen LogP contribution >= 0.6 is 0 Å². The molecule has 0 unspecified atom stereocenters. The fourth-order valence-electron chi connectivity index (χ4n) is 4.52. The van der Waals surface area contributed by atoms with E-state index < -0.39 is 20.8 Å². The summed E-state index contributed by atoms with van der Waals surface area (Å²) in [5.74, 6) is -0.510. The average molecular weight is 500 g/mol. The maximum Gasteiger partial charge on any atom is 0.133 e. The maximum absolute atomic E-state index is 11.0. The van der Waals surface area contributed by atoms with E-state index in [-0.39, 0.29) is 5.39 Å². The fraction of sp³-hybridized carbons (Fsp3) is 0.448. The lowest BCUT2D eigenvalue weighted by Crippen LogP contribution is -2.49. The van der Waals surface area contributed by atoms with Gasteiger partial charge in [0.15, 0.2) is 0 Å². The van der Waals surface area contributed by atoms with Gasteiger partial charge in [0.1, 0.15) is 27.3 Å². The van der Waals surface area contributed by atoms with Crippen LogP contribution in [0.15, 0.2) is 71.6 Å². The molecule has 0 aliphatic carbocycles. The summed E-state index contributed by atoms with van der Waals surface area (Å²) in [5, 5.41) is 10.2. The van der Waals surface area contributed by atoms with Gasteiger partial charge in [-0.25, -0.2) is 8.42 Å². The van der Waals surface area contributed by atoms with Gasteiger partial charge in [-0.05, 0) is 30.7 Å². The first-order valence-corrected chi connectivity index (χ1v) is 14.2. The summed E-state index contributed by atoms with van der Waals surface area (Å²) in [7, 11) is -4.66. The van der Waals surface area contributed by atoms with Gasteiger partial charge in [0.05, 0.1) is 19.6 Å². The summed E-state index contributed by atoms with van der Waals surface area (Å²) in [6.45, 7) is 12.2. The Labute approximate surface area is 211 Å². The molecule has 0 fully saturated rings. The molecule has 0 amide bonds. The van der Waals surface area contributed by atoms with E-state index in [2.05, 4.69) is 51.1 Å². The van der Waals surface area contributed by atoms with E-state index in [0.717, 1.165) is 0 Å². The molecule has 192 valence electrons. The van der Waals surface area contributed by atoms with E-state index in [1.54, 1.807) is 24.3 Å². The van der Waals surface area contributed by atoms with Crippen molar-refractivity contribution in [3.8, 4) is 5.75 Å². The van der Waals surface area contributed by atoms with Crippen molar-refractivity contribution in [1.29, 1.82) is 0 Å². The highest BCUT2D eigenvalue weighted by molar-refractivity contribution is 7.86. The van der Waals surface area contributed by atoms with E-state index in [1.807, 2.05) is 0 Å². The van der Waals surface area contributed by atoms with Crippen LogP contribution in [-0.2, 0) is 16.7 Å². The lowest BCUT2D eigenvalue weighted by molar-refractivity contribution is -0.941. The SMILES string of the molecule is CCCC[N+](CCCC)(CCCC)Cc1ccccc1.O=S(=O)([O-])c1c(O)ccc2ccccc12. The van der Waals surface area contributed by atoms with Gasteiger partial charge >= 0.3 is 0 Å². The average Bonchev–Trinajstić information content (AvgIpc) is 2.85. The number of hydrogen-bond acceptors (Lipinski definition) is 4. The first-order valence-electron chi connectivity index (χ1n) is 12.8. The minimum atomic E-state index is -4.66. The van der Waals surface area contributed by atoms with E-state index in [1.165, 1.54) is 86.9 Å². The van der Waals surface area contributed by atoms with Crippen LogP contribution < -0.4 is 0 Å². The molecule has 3 aromatic rings. The van der Waals surface area contributed by atoms with Crippen molar-refractivity contribution in [1.82, 2.24) is 0 Å². The number of nitrogens with zero attached hydrogens (tertiary/aromatic N) is 1. The molecule has 1 N–H and O–H groups in total. The van der Waals surface area contributed by atoms with E-state index in [9.17, 15) is 18.1 Å². The molecule has 0 bridgehead atoms. The summed E-state index contributed by atoms with van der Waals surface area (Å²) < 4.78 is 34.2. The van der Waals surface area contributed by atoms with Gasteiger partial charge in [0, 0.05) is 10.9 Å². The molecule has 35 heavy (non-hydrogen) atoms. The summed E-state index contributed by atoms with van der Waals surface area (Å²) in [5.41, 5.74) is 1.51. The van der Waals surface area contributed by atoms with Crippen LogP contribution in [0.4, 0.5) is 0 Å². The van der Waals surface area contributed by atoms with Crippen LogP contribution in [0.3, 0.4) is 0 Å². The third-order valence-corrected chi connectivity index (χ3v) is 7.36. The molecule has 3 aromatic carbocycles. The normalized spacial score (nSPS) is 11.8. The molecule has 3 rings (SSSR count). The first kappa shape index (κ1) is 28.8. The summed E-state index contributed by atoms with van der Waals surface area (Å²) in [4.78, 5) is -0.555. The standard InChI is InChI=1S/C19H34N.C10H8O4S/c1-4-7-15-20(16-8-5-2,17-9-6-3)18-19-13-11-10-12-14-19;11-9-6-5-7-3-1-2-4-8(7)10(9)15(12,13)14/h10-14H,4-9,15-18H2,1-3H3;1-6,11H,(H,12,13,14)/q+1;/p-1. The zero-order chi connectivity index (χ0) is 25.7. The van der Waals surface area contributed by atoms with Crippen molar-refractivity contribution >= 4 is 20.9 Å². The molecule has 0 atom stereocenters. The Bertz CT molecular complexity index is 1110. The second-order valence-corrected chi connectivity index (χ2v) is 10.6. The molecule has 0 aromatic heterocycles. The molecule has 0 aliphatic rings. The predicted molar refractivity (Wildman–Crippen MR) is 143 cm³/mol. The van der Waals surface area contributed by atoms with Gasteiger partial charge < -0.3 is 14.1 Å². The number of aromatic hydroxyl groups is 1. The number of unbranched alkanes of at least 4 members (excludes halogenated alkanes) is 3. The Morgan fingerprint density at radius 2 is 1.26 bits per heavy atom. The lowest BCUT2D eigenvalue weighted by atomic mass is 10.1. The van der Waals surface area contributed by atoms with E-state index >= 15 is 0 Å². The van der Waals surface area contributed by atoms with Gasteiger partial charge in [-0.2, -0.15) is 0 Å². The highest BCUT2D eigenvalue weighted by Gasteiger charge is 2.26. The Kier molecular flexibility index (Phi) is 11.7. The molecule has 0 aliphatic heterocycles. The number of phenols is 1. The van der Waals surface area contributed by atoms with Crippen LogP contribution in [0.25, 0.3) is 10.8 Å². The van der Waals surface area contributed by atoms with Crippen molar-refractivity contribution in [2.75, 3.05) is 19.6 Å². The second kappa shape index (κ2) is 14.2. The Hall–Kier alpha value is -2.41. The predicted octanol–water partition coefficient (Wildman–Crippen LogP) is 6.85. The number of fused-ring (bicyclic) bond motifs is 1. The van der Waals surface area contributed by atoms with Gasteiger partial charge in [0.2, 0.25) is 0 Å². The zero-order valence-electron chi connectivity index (χ0n) is 21.4. The minimum Gasteiger partial charge on any atom is -0.744 e. The number of quaternary nitrogens is 1. The lowest BCUT2D eigenvalue weighted by Gasteiger charge is -2.39. The third kappa shape index (κ3) is 8.95. The highest BCUT2D eigenvalue weighted by Crippen LogP contribution is 2.30. The van der Waals surface area contributed by atoms with Gasteiger partial charge in [-0.15, -0.1) is 0 Å². The third-order valence-electron chi connectivity index (χ3n) is 6.43. The van der Waals surface area contributed by atoms with Crippen LogP contribution in [-0.4, -0.2) is 42.2 Å². The second-order valence-electron chi connectivity index (χ2n) is 9.31. The van der Waals surface area contributed by atoms with Gasteiger partial charge in [-0.1, -0.05) is 101 Å². The topological polar surface area (TPSA) is 77.4 Å². The van der Waals surface area contributed by atoms with E-state index in [4.69, 9.17) is 0 Å². The van der Waals surface area contributed by atoms with Gasteiger partial charge in [-0.3, -0.25) is 0 Å². The number of phenolic OH excluding ortho intramolecular Hbond substituents is 1. The molecule has 0 spiro atoms. The van der Waals surface area contributed by atoms with Crippen molar-refractivity contribution in [3.05, 3.63) is 72.3 Å². The maximum atomic E-state index is 11.0. The zero-order valence-corrected chi connectivity index (χ0v) is 22.3. The summed E-state index contributed by atoms with van der Waals surface area (Å²) in [6, 6.07) is 20.3. The molecular formula is C29H41NO4S. The highest BCUT2D eigenvalue weighted by atomic mass is 32.2. The molecule has 5 nitrogen and oxygen atoms in total. The van der Waals surface area contributed by atoms with Crippen LogP contribution in [0.1, 0.15) is 64.9 Å². The van der Waals surface area contributed by atoms with Crippen molar-refractivity contribution in [2.45, 2.75) is 70.7 Å². The van der Waals surface area contributed by atoms with Crippen LogP contribution in [0.5, 0.6) is 5.75 Å². The van der Waals surface area contributed by atoms with Crippen molar-refractivity contribution in [3.63, 3.8) is 0 Å². The number of hydrogen-bond donors (Lipinski definition) is 1. The largest absolute Gasteiger partial charge is 0.744 e.